The lowest BCUT2D eigenvalue weighted by atomic mass is 10.2. The zero-order chi connectivity index (χ0) is 13.5. The van der Waals surface area contributed by atoms with Crippen LogP contribution in [0.25, 0.3) is 11.0 Å². The summed E-state index contributed by atoms with van der Waals surface area (Å²) in [7, 11) is 0. The quantitative estimate of drug-likeness (QED) is 0.549. The average molecular weight is 298 g/mol. The van der Waals surface area contributed by atoms with Gasteiger partial charge in [-0.1, -0.05) is 6.42 Å². The van der Waals surface area contributed by atoms with E-state index in [0.717, 1.165) is 24.3 Å². The maximum atomic E-state index is 5.87. The van der Waals surface area contributed by atoms with Crippen molar-refractivity contribution in [2.75, 3.05) is 17.9 Å². The van der Waals surface area contributed by atoms with Gasteiger partial charge in [0.1, 0.15) is 11.3 Å². The number of imidazole rings is 1. The van der Waals surface area contributed by atoms with E-state index < -0.39 is 0 Å². The lowest BCUT2D eigenvalue weighted by Gasteiger charge is -2.08. The molecule has 0 aliphatic heterocycles. The summed E-state index contributed by atoms with van der Waals surface area (Å²) in [5, 5.41) is 0. The van der Waals surface area contributed by atoms with Gasteiger partial charge in [0, 0.05) is 25.0 Å². The molecule has 0 saturated carbocycles. The van der Waals surface area contributed by atoms with Gasteiger partial charge in [-0.05, 0) is 30.9 Å². The third kappa shape index (κ3) is 3.86. The van der Waals surface area contributed by atoms with Gasteiger partial charge in [0.15, 0.2) is 0 Å². The van der Waals surface area contributed by atoms with Crippen molar-refractivity contribution in [2.45, 2.75) is 32.2 Å². The molecule has 0 spiro atoms. The zero-order valence-electron chi connectivity index (χ0n) is 11.3. The van der Waals surface area contributed by atoms with Crippen molar-refractivity contribution in [3.63, 3.8) is 0 Å². The second-order valence-electron chi connectivity index (χ2n) is 4.54. The minimum absolute atomic E-state index is 0.614. The van der Waals surface area contributed by atoms with Crippen molar-refractivity contribution in [3.8, 4) is 0 Å². The second kappa shape index (κ2) is 7.75. The maximum Gasteiger partial charge on any atom is 0.111 e. The Labute approximate surface area is 123 Å². The van der Waals surface area contributed by atoms with Crippen LogP contribution in [0.2, 0.25) is 0 Å². The van der Waals surface area contributed by atoms with E-state index in [9.17, 15) is 0 Å². The Morgan fingerprint density at radius 2 is 2.21 bits per heavy atom. The molecule has 0 unspecified atom stereocenters. The molecule has 0 N–H and O–H groups in total. The normalized spacial score (nSPS) is 11.3. The maximum absolute atomic E-state index is 5.87. The summed E-state index contributed by atoms with van der Waals surface area (Å²) in [5.74, 6) is 2.95. The molecule has 2 aromatic rings. The van der Waals surface area contributed by atoms with Crippen molar-refractivity contribution in [1.82, 2.24) is 14.5 Å². The van der Waals surface area contributed by atoms with Crippen LogP contribution in [-0.2, 0) is 13.0 Å². The summed E-state index contributed by atoms with van der Waals surface area (Å²) in [6.45, 7) is 1.03. The number of rotatable bonds is 8. The molecule has 0 aliphatic carbocycles. The lowest BCUT2D eigenvalue weighted by molar-refractivity contribution is 0.596. The fraction of sp³-hybridized carbons (Fsp3) is 0.571. The number of hydrogen-bond acceptors (Lipinski definition) is 3. The summed E-state index contributed by atoms with van der Waals surface area (Å²) < 4.78 is 2.30. The summed E-state index contributed by atoms with van der Waals surface area (Å²) in [6, 6.07) is 2.04. The van der Waals surface area contributed by atoms with Crippen LogP contribution in [0.3, 0.4) is 0 Å². The molecule has 104 valence electrons. The lowest BCUT2D eigenvalue weighted by Crippen LogP contribution is -2.05. The summed E-state index contributed by atoms with van der Waals surface area (Å²) in [6.07, 6.45) is 10.4. The Bertz CT molecular complexity index is 512. The first-order valence-corrected chi connectivity index (χ1v) is 8.63. The number of fused-ring (bicyclic) bond motifs is 1. The molecule has 0 bridgehead atoms. The Hall–Kier alpha value is -0.740. The Balaban J connectivity index is 2.08. The molecular weight excluding hydrogens is 278 g/mol. The molecule has 2 aromatic heterocycles. The Morgan fingerprint density at radius 3 is 3.00 bits per heavy atom. The summed E-state index contributed by atoms with van der Waals surface area (Å²) >= 11 is 7.78. The fourth-order valence-corrected chi connectivity index (χ4v) is 2.91. The van der Waals surface area contributed by atoms with E-state index >= 15 is 0 Å². The van der Waals surface area contributed by atoms with E-state index in [1.807, 2.05) is 30.2 Å². The highest BCUT2D eigenvalue weighted by atomic mass is 35.5. The average Bonchev–Trinajstić information content (AvgIpc) is 2.77. The van der Waals surface area contributed by atoms with Crippen molar-refractivity contribution in [2.24, 2.45) is 0 Å². The van der Waals surface area contributed by atoms with Crippen molar-refractivity contribution >= 4 is 34.4 Å². The van der Waals surface area contributed by atoms with Crippen LogP contribution in [0, 0.1) is 0 Å². The number of hydrogen-bond donors (Lipinski definition) is 0. The minimum atomic E-state index is 0.614. The number of unbranched alkanes of at least 4 members (excludes halogenated alkanes) is 2. The minimum Gasteiger partial charge on any atom is -0.328 e. The van der Waals surface area contributed by atoms with Gasteiger partial charge in [-0.2, -0.15) is 11.8 Å². The molecule has 5 heteroatoms. The third-order valence-corrected chi connectivity index (χ3v) is 4.06. The first-order chi connectivity index (χ1) is 9.36. The Morgan fingerprint density at radius 1 is 1.32 bits per heavy atom. The highest BCUT2D eigenvalue weighted by Gasteiger charge is 2.09. The molecule has 0 fully saturated rings. The van der Waals surface area contributed by atoms with Gasteiger partial charge in [0.2, 0.25) is 0 Å². The fourth-order valence-electron chi connectivity index (χ4n) is 2.25. The third-order valence-electron chi connectivity index (χ3n) is 3.18. The van der Waals surface area contributed by atoms with Crippen LogP contribution in [-0.4, -0.2) is 32.4 Å². The molecule has 0 radical (unpaired) electrons. The predicted octanol–water partition coefficient (Wildman–Crippen LogP) is 3.75. The van der Waals surface area contributed by atoms with Crippen LogP contribution in [0.1, 0.15) is 25.1 Å². The molecule has 0 atom stereocenters. The number of nitrogens with zero attached hydrogens (tertiary/aromatic N) is 3. The first kappa shape index (κ1) is 14.7. The van der Waals surface area contributed by atoms with Crippen molar-refractivity contribution in [1.29, 1.82) is 0 Å². The SMILES string of the molecule is CSCCCCCn1c(CCCl)nc2cnccc21. The van der Waals surface area contributed by atoms with E-state index in [4.69, 9.17) is 11.6 Å². The zero-order valence-corrected chi connectivity index (χ0v) is 12.9. The van der Waals surface area contributed by atoms with E-state index in [-0.39, 0.29) is 0 Å². The van der Waals surface area contributed by atoms with E-state index in [0.29, 0.717) is 5.88 Å². The summed E-state index contributed by atoms with van der Waals surface area (Å²) in [4.78, 5) is 8.77. The van der Waals surface area contributed by atoms with Crippen LogP contribution < -0.4 is 0 Å². The highest BCUT2D eigenvalue weighted by Crippen LogP contribution is 2.17. The molecule has 3 nitrogen and oxygen atoms in total. The number of pyridine rings is 1. The smallest absolute Gasteiger partial charge is 0.111 e. The molecule has 0 aliphatic rings. The van der Waals surface area contributed by atoms with Crippen LogP contribution in [0.4, 0.5) is 0 Å². The number of halogens is 1. The van der Waals surface area contributed by atoms with E-state index in [1.54, 1.807) is 0 Å². The summed E-state index contributed by atoms with van der Waals surface area (Å²) in [5.41, 5.74) is 2.16. The van der Waals surface area contributed by atoms with Crippen molar-refractivity contribution < 1.29 is 0 Å². The number of aromatic nitrogens is 3. The molecule has 0 saturated heterocycles. The largest absolute Gasteiger partial charge is 0.328 e. The van der Waals surface area contributed by atoms with Crippen LogP contribution in [0.15, 0.2) is 18.5 Å². The molecular formula is C14H20ClN3S. The van der Waals surface area contributed by atoms with Gasteiger partial charge in [0.05, 0.1) is 11.7 Å². The standard InChI is InChI=1S/C14H20ClN3S/c1-19-10-4-2-3-9-18-13-6-8-16-11-12(13)17-14(18)5-7-15/h6,8,11H,2-5,7,9-10H2,1H3. The number of aryl methyl sites for hydroxylation is 2. The van der Waals surface area contributed by atoms with Gasteiger partial charge in [-0.25, -0.2) is 4.98 Å². The van der Waals surface area contributed by atoms with Crippen LogP contribution in [0.5, 0.6) is 0 Å². The van der Waals surface area contributed by atoms with Gasteiger partial charge in [-0.3, -0.25) is 4.98 Å². The molecule has 2 rings (SSSR count). The first-order valence-electron chi connectivity index (χ1n) is 6.71. The second-order valence-corrected chi connectivity index (χ2v) is 5.90. The highest BCUT2D eigenvalue weighted by molar-refractivity contribution is 7.98. The van der Waals surface area contributed by atoms with Gasteiger partial charge in [-0.15, -0.1) is 11.6 Å². The number of alkyl halides is 1. The van der Waals surface area contributed by atoms with Crippen LogP contribution >= 0.6 is 23.4 Å². The molecule has 0 aromatic carbocycles. The monoisotopic (exact) mass is 297 g/mol. The van der Waals surface area contributed by atoms with Gasteiger partial charge < -0.3 is 4.57 Å². The van der Waals surface area contributed by atoms with Crippen molar-refractivity contribution in [3.05, 3.63) is 24.3 Å². The topological polar surface area (TPSA) is 30.7 Å². The van der Waals surface area contributed by atoms with E-state index in [2.05, 4.69) is 20.8 Å². The Kier molecular flexibility index (Phi) is 5.98. The molecule has 2 heterocycles. The van der Waals surface area contributed by atoms with Gasteiger partial charge >= 0.3 is 0 Å². The molecule has 19 heavy (non-hydrogen) atoms. The van der Waals surface area contributed by atoms with E-state index in [1.165, 1.54) is 30.5 Å². The molecule has 0 amide bonds. The number of thioether (sulfide) groups is 1. The van der Waals surface area contributed by atoms with Gasteiger partial charge in [0.25, 0.3) is 0 Å². The predicted molar refractivity (Wildman–Crippen MR) is 84.2 cm³/mol.